The maximum atomic E-state index is 12.0. The van der Waals surface area contributed by atoms with Crippen LogP contribution in [0.2, 0.25) is 0 Å². The Bertz CT molecular complexity index is 425. The van der Waals surface area contributed by atoms with Crippen molar-refractivity contribution in [3.8, 4) is 0 Å². The number of rotatable bonds is 5. The zero-order chi connectivity index (χ0) is 14.9. The van der Waals surface area contributed by atoms with E-state index in [9.17, 15) is 8.42 Å². The van der Waals surface area contributed by atoms with Gasteiger partial charge in [0, 0.05) is 36.5 Å². The molecule has 0 unspecified atom stereocenters. The van der Waals surface area contributed by atoms with E-state index >= 15 is 0 Å². The second kappa shape index (κ2) is 5.93. The minimum atomic E-state index is -2.88. The highest BCUT2D eigenvalue weighted by molar-refractivity contribution is 7.91. The highest BCUT2D eigenvalue weighted by Crippen LogP contribution is 2.38. The van der Waals surface area contributed by atoms with Crippen molar-refractivity contribution in [3.63, 3.8) is 0 Å². The molecule has 1 aliphatic carbocycles. The second-order valence-electron chi connectivity index (χ2n) is 7.24. The molecule has 118 valence electrons. The molecular weight excluding hydrogens is 272 g/mol. The van der Waals surface area contributed by atoms with Crippen LogP contribution >= 0.6 is 0 Å². The van der Waals surface area contributed by atoms with E-state index in [1.807, 2.05) is 6.92 Å². The fourth-order valence-electron chi connectivity index (χ4n) is 3.72. The molecule has 2 aliphatic rings. The van der Waals surface area contributed by atoms with Gasteiger partial charge in [0.2, 0.25) is 0 Å². The van der Waals surface area contributed by atoms with Crippen LogP contribution in [-0.2, 0) is 9.84 Å². The van der Waals surface area contributed by atoms with Crippen LogP contribution < -0.4 is 5.32 Å². The van der Waals surface area contributed by atoms with Crippen molar-refractivity contribution in [2.24, 2.45) is 0 Å². The number of piperazine rings is 1. The summed E-state index contributed by atoms with van der Waals surface area (Å²) in [4.78, 5) is 2.48. The zero-order valence-electron chi connectivity index (χ0n) is 13.2. The molecule has 0 radical (unpaired) electrons. The molecule has 4 nitrogen and oxygen atoms in total. The van der Waals surface area contributed by atoms with E-state index in [4.69, 9.17) is 0 Å². The van der Waals surface area contributed by atoms with Gasteiger partial charge in [0.05, 0.1) is 5.75 Å². The molecule has 1 saturated heterocycles. The van der Waals surface area contributed by atoms with Gasteiger partial charge in [-0.25, -0.2) is 8.42 Å². The average Bonchev–Trinajstić information content (AvgIpc) is 2.81. The molecule has 2 rings (SSSR count). The molecule has 0 aromatic carbocycles. The van der Waals surface area contributed by atoms with E-state index in [1.54, 1.807) is 0 Å². The van der Waals surface area contributed by atoms with Crippen LogP contribution in [0.4, 0.5) is 0 Å². The van der Waals surface area contributed by atoms with Gasteiger partial charge in [0.15, 0.2) is 9.84 Å². The van der Waals surface area contributed by atoms with E-state index in [2.05, 4.69) is 24.1 Å². The van der Waals surface area contributed by atoms with E-state index in [1.165, 1.54) is 25.7 Å². The standard InChI is InChI=1S/C15H30N2O2S/c1-4-10-20(18,19)11-9-17-13-14(2,3)16-12-15(17)7-5-6-8-15/h16H,4-13H2,1-3H3. The summed E-state index contributed by atoms with van der Waals surface area (Å²) in [5, 5.41) is 3.65. The predicted molar refractivity (Wildman–Crippen MR) is 83.8 cm³/mol. The van der Waals surface area contributed by atoms with Crippen molar-refractivity contribution >= 4 is 9.84 Å². The van der Waals surface area contributed by atoms with Crippen LogP contribution in [-0.4, -0.2) is 55.5 Å². The van der Waals surface area contributed by atoms with E-state index in [0.29, 0.717) is 18.1 Å². The lowest BCUT2D eigenvalue weighted by atomic mass is 9.87. The highest BCUT2D eigenvalue weighted by Gasteiger charge is 2.45. The zero-order valence-corrected chi connectivity index (χ0v) is 14.1. The number of sulfone groups is 1. The maximum absolute atomic E-state index is 12.0. The lowest BCUT2D eigenvalue weighted by Crippen LogP contribution is -2.67. The van der Waals surface area contributed by atoms with E-state index in [-0.39, 0.29) is 11.1 Å². The Morgan fingerprint density at radius 1 is 1.15 bits per heavy atom. The molecule has 0 aromatic heterocycles. The molecule has 1 aliphatic heterocycles. The topological polar surface area (TPSA) is 49.4 Å². The molecule has 0 atom stereocenters. The van der Waals surface area contributed by atoms with Crippen molar-refractivity contribution < 1.29 is 8.42 Å². The summed E-state index contributed by atoms with van der Waals surface area (Å²) >= 11 is 0. The second-order valence-corrected chi connectivity index (χ2v) is 9.55. The largest absolute Gasteiger partial charge is 0.309 e. The predicted octanol–water partition coefficient (Wildman–Crippen LogP) is 1.81. The Morgan fingerprint density at radius 2 is 1.80 bits per heavy atom. The van der Waals surface area contributed by atoms with E-state index in [0.717, 1.165) is 19.5 Å². The van der Waals surface area contributed by atoms with Crippen LogP contribution in [0.5, 0.6) is 0 Å². The first-order valence-corrected chi connectivity index (χ1v) is 9.81. The monoisotopic (exact) mass is 302 g/mol. The Morgan fingerprint density at radius 3 is 2.40 bits per heavy atom. The first-order chi connectivity index (χ1) is 9.29. The van der Waals surface area contributed by atoms with Crippen molar-refractivity contribution in [1.82, 2.24) is 10.2 Å². The minimum absolute atomic E-state index is 0.0857. The maximum Gasteiger partial charge on any atom is 0.151 e. The molecule has 20 heavy (non-hydrogen) atoms. The van der Waals surface area contributed by atoms with Crippen LogP contribution in [0.25, 0.3) is 0 Å². The summed E-state index contributed by atoms with van der Waals surface area (Å²) in [6.45, 7) is 9.02. The fourth-order valence-corrected chi connectivity index (χ4v) is 5.05. The van der Waals surface area contributed by atoms with Gasteiger partial charge in [-0.05, 0) is 33.1 Å². The number of nitrogens with one attached hydrogen (secondary N) is 1. The Balaban J connectivity index is 2.05. The molecular formula is C15H30N2O2S. The summed E-state index contributed by atoms with van der Waals surface area (Å²) in [6.07, 6.45) is 5.70. The lowest BCUT2D eigenvalue weighted by Gasteiger charge is -2.51. The van der Waals surface area contributed by atoms with Crippen molar-refractivity contribution in [2.75, 3.05) is 31.1 Å². The van der Waals surface area contributed by atoms with Crippen molar-refractivity contribution in [1.29, 1.82) is 0 Å². The first-order valence-electron chi connectivity index (χ1n) is 7.99. The van der Waals surface area contributed by atoms with E-state index < -0.39 is 9.84 Å². The van der Waals surface area contributed by atoms with Gasteiger partial charge in [-0.2, -0.15) is 0 Å². The smallest absolute Gasteiger partial charge is 0.151 e. The third kappa shape index (κ3) is 3.74. The molecule has 2 fully saturated rings. The molecule has 1 heterocycles. The van der Waals surface area contributed by atoms with Gasteiger partial charge in [-0.15, -0.1) is 0 Å². The van der Waals surface area contributed by atoms with Crippen LogP contribution in [0.1, 0.15) is 52.9 Å². The van der Waals surface area contributed by atoms with Gasteiger partial charge in [0.25, 0.3) is 0 Å². The molecule has 0 amide bonds. The molecule has 1 N–H and O–H groups in total. The average molecular weight is 302 g/mol. The fraction of sp³-hybridized carbons (Fsp3) is 1.00. The highest BCUT2D eigenvalue weighted by atomic mass is 32.2. The molecule has 1 saturated carbocycles. The van der Waals surface area contributed by atoms with Crippen LogP contribution in [0, 0.1) is 0 Å². The summed E-state index contributed by atoms with van der Waals surface area (Å²) in [5.74, 6) is 0.647. The molecule has 1 spiro atoms. The van der Waals surface area contributed by atoms with Crippen molar-refractivity contribution in [2.45, 2.75) is 64.0 Å². The quantitative estimate of drug-likeness (QED) is 0.841. The van der Waals surface area contributed by atoms with Crippen molar-refractivity contribution in [3.05, 3.63) is 0 Å². The van der Waals surface area contributed by atoms with Crippen LogP contribution in [0.3, 0.4) is 0 Å². The van der Waals surface area contributed by atoms with Crippen LogP contribution in [0.15, 0.2) is 0 Å². The summed E-state index contributed by atoms with van der Waals surface area (Å²) in [5.41, 5.74) is 0.305. The molecule has 5 heteroatoms. The lowest BCUT2D eigenvalue weighted by molar-refractivity contribution is 0.0242. The SMILES string of the molecule is CCCS(=O)(=O)CCN1CC(C)(C)NCC12CCCC2. The van der Waals surface area contributed by atoms with Gasteiger partial charge < -0.3 is 5.32 Å². The number of hydrogen-bond donors (Lipinski definition) is 1. The Hall–Kier alpha value is -0.130. The number of hydrogen-bond acceptors (Lipinski definition) is 4. The minimum Gasteiger partial charge on any atom is -0.309 e. The summed E-state index contributed by atoms with van der Waals surface area (Å²) in [7, 11) is -2.88. The molecule has 0 bridgehead atoms. The van der Waals surface area contributed by atoms with Gasteiger partial charge in [-0.1, -0.05) is 19.8 Å². The Labute approximate surface area is 124 Å². The first kappa shape index (κ1) is 16.2. The third-order valence-electron chi connectivity index (χ3n) is 4.87. The summed E-state index contributed by atoms with van der Waals surface area (Å²) < 4.78 is 24.0. The normalized spacial score (nSPS) is 26.1. The number of nitrogens with zero attached hydrogens (tertiary/aromatic N) is 1. The third-order valence-corrected chi connectivity index (χ3v) is 6.71. The summed E-state index contributed by atoms with van der Waals surface area (Å²) in [6, 6.07) is 0. The van der Waals surface area contributed by atoms with Gasteiger partial charge >= 0.3 is 0 Å². The molecule has 0 aromatic rings. The van der Waals surface area contributed by atoms with Gasteiger partial charge in [-0.3, -0.25) is 4.90 Å². The van der Waals surface area contributed by atoms with Gasteiger partial charge in [0.1, 0.15) is 0 Å². The Kier molecular flexibility index (Phi) is 4.82.